The van der Waals surface area contributed by atoms with E-state index < -0.39 is 0 Å². The summed E-state index contributed by atoms with van der Waals surface area (Å²) in [6.07, 6.45) is 0. The van der Waals surface area contributed by atoms with Crippen LogP contribution in [0, 0.1) is 0 Å². The fourth-order valence-corrected chi connectivity index (χ4v) is 4.34. The van der Waals surface area contributed by atoms with Gasteiger partial charge in [0.15, 0.2) is 25.1 Å². The normalized spacial score (nSPS) is 11.0. The SMILES string of the molecule is COCOc1c(N(c2ccccc2)c2ccc3ccccc3c2OCOC)ccc2ccccc12. The van der Waals surface area contributed by atoms with Crippen molar-refractivity contribution in [1.29, 1.82) is 0 Å². The quantitative estimate of drug-likeness (QED) is 0.212. The van der Waals surface area contributed by atoms with Crippen molar-refractivity contribution in [3.05, 3.63) is 103 Å². The third-order valence-electron chi connectivity index (χ3n) is 5.86. The van der Waals surface area contributed by atoms with Crippen molar-refractivity contribution in [1.82, 2.24) is 0 Å². The molecule has 0 N–H and O–H groups in total. The molecule has 0 bridgehead atoms. The van der Waals surface area contributed by atoms with Crippen LogP contribution in [0.5, 0.6) is 11.5 Å². The van der Waals surface area contributed by atoms with E-state index in [0.29, 0.717) is 0 Å². The maximum absolute atomic E-state index is 6.20. The van der Waals surface area contributed by atoms with E-state index in [9.17, 15) is 0 Å². The Labute approximate surface area is 205 Å². The largest absolute Gasteiger partial charge is 0.465 e. The van der Waals surface area contributed by atoms with E-state index >= 15 is 0 Å². The molecule has 0 fully saturated rings. The molecule has 5 nitrogen and oxygen atoms in total. The molecule has 5 aromatic rings. The lowest BCUT2D eigenvalue weighted by atomic mass is 10.0. The van der Waals surface area contributed by atoms with Crippen LogP contribution < -0.4 is 14.4 Å². The summed E-state index contributed by atoms with van der Waals surface area (Å²) in [6, 6.07) is 34.9. The van der Waals surface area contributed by atoms with Crippen LogP contribution in [0.4, 0.5) is 17.1 Å². The van der Waals surface area contributed by atoms with Crippen molar-refractivity contribution in [2.75, 3.05) is 32.7 Å². The minimum absolute atomic E-state index is 0.133. The number of rotatable bonds is 9. The van der Waals surface area contributed by atoms with Gasteiger partial charge in [-0.25, -0.2) is 0 Å². The van der Waals surface area contributed by atoms with E-state index in [1.165, 1.54) is 0 Å². The van der Waals surface area contributed by atoms with Gasteiger partial charge in [0.2, 0.25) is 0 Å². The Hall–Kier alpha value is -4.06. The number of benzene rings is 5. The molecular formula is C30H27NO4. The molecule has 5 aromatic carbocycles. The molecular weight excluding hydrogens is 438 g/mol. The summed E-state index contributed by atoms with van der Waals surface area (Å²) in [4.78, 5) is 2.16. The first kappa shape index (κ1) is 22.7. The van der Waals surface area contributed by atoms with Crippen molar-refractivity contribution >= 4 is 38.6 Å². The van der Waals surface area contributed by atoms with Gasteiger partial charge in [-0.15, -0.1) is 0 Å². The fourth-order valence-electron chi connectivity index (χ4n) is 4.34. The molecule has 0 heterocycles. The number of fused-ring (bicyclic) bond motifs is 2. The van der Waals surface area contributed by atoms with E-state index in [-0.39, 0.29) is 13.6 Å². The van der Waals surface area contributed by atoms with Gasteiger partial charge in [0.25, 0.3) is 0 Å². The summed E-state index contributed by atoms with van der Waals surface area (Å²) in [7, 11) is 3.25. The zero-order chi connectivity index (χ0) is 24.0. The van der Waals surface area contributed by atoms with Crippen LogP contribution in [-0.2, 0) is 9.47 Å². The Kier molecular flexibility index (Phi) is 6.80. The summed E-state index contributed by atoms with van der Waals surface area (Å²) in [5.41, 5.74) is 2.73. The van der Waals surface area contributed by atoms with E-state index in [4.69, 9.17) is 18.9 Å². The third kappa shape index (κ3) is 4.52. The van der Waals surface area contributed by atoms with Gasteiger partial charge in [0.1, 0.15) is 0 Å². The number of anilines is 3. The van der Waals surface area contributed by atoms with Crippen molar-refractivity contribution in [2.45, 2.75) is 0 Å². The van der Waals surface area contributed by atoms with Crippen molar-refractivity contribution < 1.29 is 18.9 Å². The first-order valence-electron chi connectivity index (χ1n) is 11.4. The minimum Gasteiger partial charge on any atom is -0.465 e. The molecule has 35 heavy (non-hydrogen) atoms. The van der Waals surface area contributed by atoms with Crippen LogP contribution in [0.25, 0.3) is 21.5 Å². The lowest BCUT2D eigenvalue weighted by Crippen LogP contribution is -2.14. The second kappa shape index (κ2) is 10.5. The van der Waals surface area contributed by atoms with E-state index in [1.54, 1.807) is 14.2 Å². The topological polar surface area (TPSA) is 40.2 Å². The molecule has 0 unspecified atom stereocenters. The maximum Gasteiger partial charge on any atom is 0.188 e. The summed E-state index contributed by atoms with van der Waals surface area (Å²) in [5.74, 6) is 1.47. The third-order valence-corrected chi connectivity index (χ3v) is 5.86. The number of nitrogens with zero attached hydrogens (tertiary/aromatic N) is 1. The van der Waals surface area contributed by atoms with Crippen LogP contribution in [0.3, 0.4) is 0 Å². The first-order chi connectivity index (χ1) is 17.3. The maximum atomic E-state index is 6.20. The van der Waals surface area contributed by atoms with Gasteiger partial charge in [-0.05, 0) is 35.0 Å². The molecule has 0 aromatic heterocycles. The van der Waals surface area contributed by atoms with Crippen LogP contribution >= 0.6 is 0 Å². The Morgan fingerprint density at radius 2 is 0.971 bits per heavy atom. The summed E-state index contributed by atoms with van der Waals surface area (Å²) < 4.78 is 23.0. The predicted molar refractivity (Wildman–Crippen MR) is 141 cm³/mol. The van der Waals surface area contributed by atoms with Gasteiger partial charge in [-0.3, -0.25) is 0 Å². The average Bonchev–Trinajstić information content (AvgIpc) is 2.92. The van der Waals surface area contributed by atoms with Crippen LogP contribution in [0.15, 0.2) is 103 Å². The van der Waals surface area contributed by atoms with Gasteiger partial charge < -0.3 is 23.8 Å². The molecule has 0 saturated carbocycles. The van der Waals surface area contributed by atoms with E-state index in [0.717, 1.165) is 50.1 Å². The lowest BCUT2D eigenvalue weighted by molar-refractivity contribution is 0.0522. The van der Waals surface area contributed by atoms with Gasteiger partial charge >= 0.3 is 0 Å². The molecule has 0 saturated heterocycles. The highest BCUT2D eigenvalue weighted by Crippen LogP contribution is 2.48. The van der Waals surface area contributed by atoms with Gasteiger partial charge in [-0.1, -0.05) is 78.9 Å². The highest BCUT2D eigenvalue weighted by atomic mass is 16.7. The van der Waals surface area contributed by atoms with E-state index in [1.807, 2.05) is 42.5 Å². The minimum atomic E-state index is 0.133. The van der Waals surface area contributed by atoms with Gasteiger partial charge in [0.05, 0.1) is 11.4 Å². The van der Waals surface area contributed by atoms with Crippen LogP contribution in [-0.4, -0.2) is 27.8 Å². The fraction of sp³-hybridized carbons (Fsp3) is 0.133. The zero-order valence-corrected chi connectivity index (χ0v) is 19.8. The molecule has 0 aliphatic heterocycles. The monoisotopic (exact) mass is 465 g/mol. The number of methoxy groups -OCH3 is 2. The molecule has 0 aliphatic carbocycles. The highest BCUT2D eigenvalue weighted by molar-refractivity contribution is 6.00. The van der Waals surface area contributed by atoms with Crippen molar-refractivity contribution in [3.63, 3.8) is 0 Å². The van der Waals surface area contributed by atoms with Crippen molar-refractivity contribution in [3.8, 4) is 11.5 Å². The first-order valence-corrected chi connectivity index (χ1v) is 11.4. The Morgan fingerprint density at radius 1 is 0.514 bits per heavy atom. The average molecular weight is 466 g/mol. The van der Waals surface area contributed by atoms with E-state index in [2.05, 4.69) is 65.6 Å². The van der Waals surface area contributed by atoms with Crippen LogP contribution in [0.2, 0.25) is 0 Å². The second-order valence-electron chi connectivity index (χ2n) is 8.04. The molecule has 5 rings (SSSR count). The number of hydrogen-bond acceptors (Lipinski definition) is 5. The Balaban J connectivity index is 1.80. The van der Waals surface area contributed by atoms with Crippen molar-refractivity contribution in [2.24, 2.45) is 0 Å². The molecule has 0 aliphatic rings. The summed E-state index contributed by atoms with van der Waals surface area (Å²) in [5, 5.41) is 4.18. The highest BCUT2D eigenvalue weighted by Gasteiger charge is 2.23. The number of para-hydroxylation sites is 1. The van der Waals surface area contributed by atoms with Crippen LogP contribution in [0.1, 0.15) is 0 Å². The standard InChI is InChI=1S/C30H27NO4/c1-32-20-34-29-25-14-8-6-10-22(25)16-18-27(29)31(24-12-4-3-5-13-24)28-19-17-23-11-7-9-15-26(23)30(28)35-21-33-2/h3-19H,20-21H2,1-2H3. The Bertz CT molecular complexity index is 1340. The molecule has 0 spiro atoms. The Morgan fingerprint density at radius 3 is 1.46 bits per heavy atom. The molecule has 176 valence electrons. The summed E-state index contributed by atoms with van der Waals surface area (Å²) >= 11 is 0. The second-order valence-corrected chi connectivity index (χ2v) is 8.04. The number of ether oxygens (including phenoxy) is 4. The molecule has 0 amide bonds. The zero-order valence-electron chi connectivity index (χ0n) is 19.8. The summed E-state index contributed by atoms with van der Waals surface area (Å²) in [6.45, 7) is 0.267. The molecule has 5 heteroatoms. The van der Waals surface area contributed by atoms with Gasteiger partial charge in [-0.2, -0.15) is 0 Å². The number of hydrogen-bond donors (Lipinski definition) is 0. The molecule has 0 atom stereocenters. The van der Waals surface area contributed by atoms with Gasteiger partial charge in [0, 0.05) is 30.7 Å². The predicted octanol–water partition coefficient (Wildman–Crippen LogP) is 7.43. The smallest absolute Gasteiger partial charge is 0.188 e. The lowest BCUT2D eigenvalue weighted by Gasteiger charge is -2.30. The molecule has 0 radical (unpaired) electrons.